The lowest BCUT2D eigenvalue weighted by atomic mass is 10.1. The zero-order valence-electron chi connectivity index (χ0n) is 7.60. The molecule has 0 saturated carbocycles. The molecular formula is C10H7ClF2N2. The van der Waals surface area contributed by atoms with Gasteiger partial charge in [-0.3, -0.25) is 5.10 Å². The van der Waals surface area contributed by atoms with Crippen LogP contribution >= 0.6 is 11.6 Å². The number of rotatable bonds is 2. The zero-order chi connectivity index (χ0) is 10.8. The van der Waals surface area contributed by atoms with E-state index in [1.165, 1.54) is 0 Å². The molecule has 1 aromatic heterocycles. The average molecular weight is 229 g/mol. The third-order valence-electron chi connectivity index (χ3n) is 1.98. The van der Waals surface area contributed by atoms with Gasteiger partial charge < -0.3 is 0 Å². The number of alkyl halides is 1. The maximum absolute atomic E-state index is 13.3. The van der Waals surface area contributed by atoms with Crippen LogP contribution in [-0.2, 0) is 5.88 Å². The van der Waals surface area contributed by atoms with Crippen LogP contribution in [0.2, 0.25) is 0 Å². The zero-order valence-corrected chi connectivity index (χ0v) is 8.35. The van der Waals surface area contributed by atoms with Gasteiger partial charge in [0.15, 0.2) is 0 Å². The molecule has 2 nitrogen and oxygen atoms in total. The van der Waals surface area contributed by atoms with E-state index in [0.717, 1.165) is 18.2 Å². The molecule has 0 bridgehead atoms. The number of nitrogens with one attached hydrogen (secondary N) is 1. The van der Waals surface area contributed by atoms with Gasteiger partial charge in [0.1, 0.15) is 11.6 Å². The first kappa shape index (κ1) is 10.1. The Labute approximate surface area is 89.9 Å². The highest BCUT2D eigenvalue weighted by atomic mass is 35.5. The minimum Gasteiger partial charge on any atom is -0.281 e. The Bertz CT molecular complexity index is 482. The molecule has 0 unspecified atom stereocenters. The van der Waals surface area contributed by atoms with Crippen molar-refractivity contribution in [2.45, 2.75) is 5.88 Å². The quantitative estimate of drug-likeness (QED) is 0.787. The summed E-state index contributed by atoms with van der Waals surface area (Å²) in [6, 6.07) is 4.82. The SMILES string of the molecule is Fc1ccc(F)c(-c2cc(CCl)[nH]n2)c1. The van der Waals surface area contributed by atoms with E-state index >= 15 is 0 Å². The van der Waals surface area contributed by atoms with Crippen molar-refractivity contribution >= 4 is 11.6 Å². The van der Waals surface area contributed by atoms with Crippen LogP contribution in [-0.4, -0.2) is 10.2 Å². The molecule has 1 heterocycles. The van der Waals surface area contributed by atoms with Crippen LogP contribution in [0.3, 0.4) is 0 Å². The minimum atomic E-state index is -0.510. The first-order valence-electron chi connectivity index (χ1n) is 4.26. The van der Waals surface area contributed by atoms with Gasteiger partial charge in [0.2, 0.25) is 0 Å². The van der Waals surface area contributed by atoms with Crippen LogP contribution in [0.15, 0.2) is 24.3 Å². The molecule has 2 aromatic rings. The highest BCUT2D eigenvalue weighted by Crippen LogP contribution is 2.22. The number of aromatic nitrogens is 2. The Morgan fingerprint density at radius 2 is 2.07 bits per heavy atom. The van der Waals surface area contributed by atoms with Gasteiger partial charge in [-0.1, -0.05) is 0 Å². The molecule has 1 N–H and O–H groups in total. The summed E-state index contributed by atoms with van der Waals surface area (Å²) < 4.78 is 26.2. The Morgan fingerprint density at radius 3 is 2.73 bits per heavy atom. The summed E-state index contributed by atoms with van der Waals surface area (Å²) in [5.74, 6) is -0.755. The number of aromatic amines is 1. The second kappa shape index (κ2) is 3.98. The topological polar surface area (TPSA) is 28.7 Å². The normalized spacial score (nSPS) is 10.6. The molecule has 0 fully saturated rings. The van der Waals surface area contributed by atoms with Crippen molar-refractivity contribution in [1.29, 1.82) is 0 Å². The van der Waals surface area contributed by atoms with Gasteiger partial charge in [0, 0.05) is 5.56 Å². The van der Waals surface area contributed by atoms with E-state index < -0.39 is 11.6 Å². The third kappa shape index (κ3) is 1.99. The number of hydrogen-bond donors (Lipinski definition) is 1. The highest BCUT2D eigenvalue weighted by Gasteiger charge is 2.09. The predicted octanol–water partition coefficient (Wildman–Crippen LogP) is 3.09. The lowest BCUT2D eigenvalue weighted by Crippen LogP contribution is -1.86. The number of nitrogens with zero attached hydrogens (tertiary/aromatic N) is 1. The van der Waals surface area contributed by atoms with E-state index in [1.807, 2.05) is 0 Å². The Kier molecular flexibility index (Phi) is 2.68. The van der Waals surface area contributed by atoms with Crippen molar-refractivity contribution in [2.24, 2.45) is 0 Å². The largest absolute Gasteiger partial charge is 0.281 e. The van der Waals surface area contributed by atoms with Gasteiger partial charge in [-0.2, -0.15) is 5.10 Å². The predicted molar refractivity (Wildman–Crippen MR) is 53.5 cm³/mol. The van der Waals surface area contributed by atoms with Crippen LogP contribution in [0.4, 0.5) is 8.78 Å². The average Bonchev–Trinajstić information content (AvgIpc) is 2.70. The molecule has 0 spiro atoms. The summed E-state index contributed by atoms with van der Waals surface area (Å²) in [5.41, 5.74) is 1.14. The molecule has 0 atom stereocenters. The maximum Gasteiger partial charge on any atom is 0.132 e. The summed E-state index contributed by atoms with van der Waals surface area (Å²) in [6.07, 6.45) is 0. The molecule has 0 aliphatic heterocycles. The highest BCUT2D eigenvalue weighted by molar-refractivity contribution is 6.16. The van der Waals surface area contributed by atoms with Crippen molar-refractivity contribution in [3.8, 4) is 11.3 Å². The molecule has 0 radical (unpaired) electrons. The number of hydrogen-bond acceptors (Lipinski definition) is 1. The lowest BCUT2D eigenvalue weighted by Gasteiger charge is -1.98. The van der Waals surface area contributed by atoms with E-state index in [9.17, 15) is 8.78 Å². The molecule has 0 aliphatic rings. The van der Waals surface area contributed by atoms with E-state index in [2.05, 4.69) is 10.2 Å². The molecule has 0 saturated heterocycles. The number of H-pyrrole nitrogens is 1. The molecular weight excluding hydrogens is 222 g/mol. The fourth-order valence-electron chi connectivity index (χ4n) is 1.26. The van der Waals surface area contributed by atoms with Gasteiger partial charge in [0.05, 0.1) is 17.3 Å². The Hall–Kier alpha value is -1.42. The summed E-state index contributed by atoms with van der Waals surface area (Å²) in [5, 5.41) is 6.47. The summed E-state index contributed by atoms with van der Waals surface area (Å²) in [4.78, 5) is 0. The van der Waals surface area contributed by atoms with Crippen molar-refractivity contribution in [2.75, 3.05) is 0 Å². The smallest absolute Gasteiger partial charge is 0.132 e. The minimum absolute atomic E-state index is 0.127. The van der Waals surface area contributed by atoms with E-state index in [4.69, 9.17) is 11.6 Å². The van der Waals surface area contributed by atoms with E-state index in [1.54, 1.807) is 6.07 Å². The van der Waals surface area contributed by atoms with Gasteiger partial charge in [-0.05, 0) is 24.3 Å². The molecule has 5 heteroatoms. The third-order valence-corrected chi connectivity index (χ3v) is 2.27. The molecule has 0 amide bonds. The first-order chi connectivity index (χ1) is 7.20. The van der Waals surface area contributed by atoms with E-state index in [-0.39, 0.29) is 11.4 Å². The fraction of sp³-hybridized carbons (Fsp3) is 0.100. The fourth-order valence-corrected chi connectivity index (χ4v) is 1.40. The Morgan fingerprint density at radius 1 is 1.27 bits per heavy atom. The summed E-state index contributed by atoms with van der Waals surface area (Å²) in [6.45, 7) is 0. The van der Waals surface area contributed by atoms with Gasteiger partial charge in [-0.15, -0.1) is 11.6 Å². The van der Waals surface area contributed by atoms with Crippen LogP contribution < -0.4 is 0 Å². The van der Waals surface area contributed by atoms with Gasteiger partial charge in [0.25, 0.3) is 0 Å². The van der Waals surface area contributed by atoms with Crippen molar-refractivity contribution in [3.05, 3.63) is 41.6 Å². The van der Waals surface area contributed by atoms with Crippen molar-refractivity contribution < 1.29 is 8.78 Å². The summed E-state index contributed by atoms with van der Waals surface area (Å²) in [7, 11) is 0. The van der Waals surface area contributed by atoms with Crippen LogP contribution in [0.1, 0.15) is 5.69 Å². The van der Waals surface area contributed by atoms with Crippen molar-refractivity contribution in [1.82, 2.24) is 10.2 Å². The lowest BCUT2D eigenvalue weighted by molar-refractivity contribution is 0.602. The Balaban J connectivity index is 2.48. The first-order valence-corrected chi connectivity index (χ1v) is 4.80. The monoisotopic (exact) mass is 228 g/mol. The van der Waals surface area contributed by atoms with E-state index in [0.29, 0.717) is 11.4 Å². The molecule has 78 valence electrons. The molecule has 1 aromatic carbocycles. The maximum atomic E-state index is 13.3. The van der Waals surface area contributed by atoms with Gasteiger partial charge >= 0.3 is 0 Å². The van der Waals surface area contributed by atoms with Crippen LogP contribution in [0.5, 0.6) is 0 Å². The molecule has 0 aliphatic carbocycles. The number of benzene rings is 1. The van der Waals surface area contributed by atoms with Crippen LogP contribution in [0.25, 0.3) is 11.3 Å². The summed E-state index contributed by atoms with van der Waals surface area (Å²) >= 11 is 5.56. The standard InChI is InChI=1S/C10H7ClF2N2/c11-5-7-4-10(15-14-7)8-3-6(12)1-2-9(8)13/h1-4H,5H2,(H,14,15). The van der Waals surface area contributed by atoms with Crippen molar-refractivity contribution in [3.63, 3.8) is 0 Å². The second-order valence-corrected chi connectivity index (χ2v) is 3.30. The van der Waals surface area contributed by atoms with Gasteiger partial charge in [-0.25, -0.2) is 8.78 Å². The number of halogens is 3. The van der Waals surface area contributed by atoms with Crippen LogP contribution in [0, 0.1) is 11.6 Å². The molecule has 15 heavy (non-hydrogen) atoms. The second-order valence-electron chi connectivity index (χ2n) is 3.04. The molecule has 2 rings (SSSR count).